The number of aromatic nitrogens is 2. The third kappa shape index (κ3) is 4.45. The average Bonchev–Trinajstić information content (AvgIpc) is 2.47. The number of rotatable bonds is 6. The van der Waals surface area contributed by atoms with Crippen LogP contribution in [0.2, 0.25) is 0 Å². The fourth-order valence-electron chi connectivity index (χ4n) is 1.99. The molecule has 1 atom stereocenters. The van der Waals surface area contributed by atoms with E-state index in [0.29, 0.717) is 12.8 Å². The van der Waals surface area contributed by atoms with E-state index in [4.69, 9.17) is 0 Å². The number of hydrogen-bond acceptors (Lipinski definition) is 3. The van der Waals surface area contributed by atoms with Crippen molar-refractivity contribution in [2.45, 2.75) is 38.7 Å². The Morgan fingerprint density at radius 1 is 1.11 bits per heavy atom. The Bertz CT molecular complexity index is 482. The molecular formula is C16H20N2O. The summed E-state index contributed by atoms with van der Waals surface area (Å²) in [6.07, 6.45) is 6.44. The minimum Gasteiger partial charge on any atom is -0.393 e. The Hall–Kier alpha value is -1.74. The van der Waals surface area contributed by atoms with Crippen LogP contribution < -0.4 is 0 Å². The molecular weight excluding hydrogens is 236 g/mol. The van der Waals surface area contributed by atoms with Crippen LogP contribution in [0.25, 0.3) is 0 Å². The largest absolute Gasteiger partial charge is 0.393 e. The van der Waals surface area contributed by atoms with Crippen molar-refractivity contribution in [3.05, 3.63) is 59.7 Å². The molecule has 0 spiro atoms. The van der Waals surface area contributed by atoms with Crippen LogP contribution in [0.5, 0.6) is 0 Å². The molecule has 2 aromatic heterocycles. The number of aliphatic hydroxyl groups excluding tert-OH is 1. The number of nitrogens with zero attached hydrogens (tertiary/aromatic N) is 2. The zero-order chi connectivity index (χ0) is 13.5. The van der Waals surface area contributed by atoms with Crippen molar-refractivity contribution in [1.29, 1.82) is 0 Å². The highest BCUT2D eigenvalue weighted by Crippen LogP contribution is 2.08. The van der Waals surface area contributed by atoms with E-state index < -0.39 is 0 Å². The van der Waals surface area contributed by atoms with Gasteiger partial charge in [0, 0.05) is 30.2 Å². The van der Waals surface area contributed by atoms with E-state index in [1.54, 1.807) is 6.20 Å². The Morgan fingerprint density at radius 2 is 2.00 bits per heavy atom. The van der Waals surface area contributed by atoms with Gasteiger partial charge in [-0.3, -0.25) is 9.97 Å². The highest BCUT2D eigenvalue weighted by Gasteiger charge is 2.07. The van der Waals surface area contributed by atoms with Gasteiger partial charge in [-0.1, -0.05) is 19.1 Å². The molecule has 0 aliphatic carbocycles. The van der Waals surface area contributed by atoms with Gasteiger partial charge < -0.3 is 5.11 Å². The van der Waals surface area contributed by atoms with Crippen molar-refractivity contribution in [2.24, 2.45) is 0 Å². The number of pyridine rings is 2. The van der Waals surface area contributed by atoms with Gasteiger partial charge in [-0.15, -0.1) is 0 Å². The van der Waals surface area contributed by atoms with Crippen molar-refractivity contribution in [3.63, 3.8) is 0 Å². The van der Waals surface area contributed by atoms with Crippen LogP contribution in [0.15, 0.2) is 42.7 Å². The SMILES string of the molecule is CCc1ccc(CC(O)CCc2ccccn2)nc1. The molecule has 2 aromatic rings. The van der Waals surface area contributed by atoms with E-state index in [-0.39, 0.29) is 6.10 Å². The fourth-order valence-corrected chi connectivity index (χ4v) is 1.99. The number of aliphatic hydroxyl groups is 1. The highest BCUT2D eigenvalue weighted by atomic mass is 16.3. The number of aryl methyl sites for hydroxylation is 2. The van der Waals surface area contributed by atoms with E-state index in [0.717, 1.165) is 24.2 Å². The third-order valence-corrected chi connectivity index (χ3v) is 3.20. The van der Waals surface area contributed by atoms with Crippen molar-refractivity contribution in [3.8, 4) is 0 Å². The normalized spacial score (nSPS) is 12.3. The van der Waals surface area contributed by atoms with Crippen molar-refractivity contribution in [2.75, 3.05) is 0 Å². The lowest BCUT2D eigenvalue weighted by Crippen LogP contribution is -2.13. The topological polar surface area (TPSA) is 46.0 Å². The lowest BCUT2D eigenvalue weighted by atomic mass is 10.1. The zero-order valence-corrected chi connectivity index (χ0v) is 11.3. The summed E-state index contributed by atoms with van der Waals surface area (Å²) < 4.78 is 0. The molecule has 0 saturated carbocycles. The first kappa shape index (κ1) is 13.7. The van der Waals surface area contributed by atoms with Gasteiger partial charge in [-0.2, -0.15) is 0 Å². The molecule has 0 aromatic carbocycles. The average molecular weight is 256 g/mol. The standard InChI is InChI=1S/C16H20N2O/c1-2-13-6-7-15(18-12-13)11-16(19)9-8-14-5-3-4-10-17-14/h3-7,10,12,16,19H,2,8-9,11H2,1H3. The van der Waals surface area contributed by atoms with Gasteiger partial charge in [0.1, 0.15) is 0 Å². The molecule has 2 heterocycles. The molecule has 0 saturated heterocycles. The third-order valence-electron chi connectivity index (χ3n) is 3.20. The molecule has 0 aliphatic rings. The lowest BCUT2D eigenvalue weighted by Gasteiger charge is -2.10. The summed E-state index contributed by atoms with van der Waals surface area (Å²) in [4.78, 5) is 8.62. The Labute approximate surface area is 114 Å². The van der Waals surface area contributed by atoms with Gasteiger partial charge in [0.2, 0.25) is 0 Å². The summed E-state index contributed by atoms with van der Waals surface area (Å²) in [5.74, 6) is 0. The molecule has 0 amide bonds. The van der Waals surface area contributed by atoms with E-state index >= 15 is 0 Å². The maximum atomic E-state index is 10.0. The van der Waals surface area contributed by atoms with Crippen LogP contribution in [0.1, 0.15) is 30.3 Å². The summed E-state index contributed by atoms with van der Waals surface area (Å²) in [6, 6.07) is 9.94. The van der Waals surface area contributed by atoms with Crippen LogP contribution >= 0.6 is 0 Å². The van der Waals surface area contributed by atoms with Gasteiger partial charge in [-0.05, 0) is 43.0 Å². The first-order valence-electron chi connectivity index (χ1n) is 6.79. The highest BCUT2D eigenvalue weighted by molar-refractivity contribution is 5.14. The second-order valence-corrected chi connectivity index (χ2v) is 4.73. The Morgan fingerprint density at radius 3 is 2.63 bits per heavy atom. The minimum absolute atomic E-state index is 0.359. The van der Waals surface area contributed by atoms with Crippen LogP contribution in [-0.2, 0) is 19.3 Å². The van der Waals surface area contributed by atoms with Crippen LogP contribution in [-0.4, -0.2) is 21.2 Å². The molecule has 0 bridgehead atoms. The lowest BCUT2D eigenvalue weighted by molar-refractivity contribution is 0.163. The predicted octanol–water partition coefficient (Wildman–Crippen LogP) is 2.58. The van der Waals surface area contributed by atoms with E-state index in [2.05, 4.69) is 23.0 Å². The summed E-state index contributed by atoms with van der Waals surface area (Å²) in [7, 11) is 0. The molecule has 0 fully saturated rings. The molecule has 2 rings (SSSR count). The van der Waals surface area contributed by atoms with E-state index in [1.165, 1.54) is 5.56 Å². The van der Waals surface area contributed by atoms with Gasteiger partial charge in [0.25, 0.3) is 0 Å². The smallest absolute Gasteiger partial charge is 0.0599 e. The van der Waals surface area contributed by atoms with Gasteiger partial charge in [0.05, 0.1) is 6.10 Å². The van der Waals surface area contributed by atoms with Gasteiger partial charge in [0.15, 0.2) is 0 Å². The Balaban J connectivity index is 1.82. The zero-order valence-electron chi connectivity index (χ0n) is 11.3. The fraction of sp³-hybridized carbons (Fsp3) is 0.375. The number of hydrogen-bond donors (Lipinski definition) is 1. The minimum atomic E-state index is -0.359. The molecule has 3 heteroatoms. The first-order chi connectivity index (χ1) is 9.28. The summed E-state index contributed by atoms with van der Waals surface area (Å²) in [5, 5.41) is 10.0. The van der Waals surface area contributed by atoms with Crippen molar-refractivity contribution in [1.82, 2.24) is 9.97 Å². The van der Waals surface area contributed by atoms with Gasteiger partial charge in [-0.25, -0.2) is 0 Å². The summed E-state index contributed by atoms with van der Waals surface area (Å²) in [5.41, 5.74) is 3.20. The molecule has 0 aliphatic heterocycles. The van der Waals surface area contributed by atoms with Crippen LogP contribution in [0, 0.1) is 0 Å². The predicted molar refractivity (Wildman–Crippen MR) is 75.9 cm³/mol. The van der Waals surface area contributed by atoms with E-state index in [9.17, 15) is 5.11 Å². The van der Waals surface area contributed by atoms with Crippen molar-refractivity contribution >= 4 is 0 Å². The quantitative estimate of drug-likeness (QED) is 0.864. The summed E-state index contributed by atoms with van der Waals surface area (Å²) in [6.45, 7) is 2.11. The second-order valence-electron chi connectivity index (χ2n) is 4.73. The molecule has 100 valence electrons. The Kier molecular flexibility index (Phi) is 5.04. The maximum absolute atomic E-state index is 10.0. The second kappa shape index (κ2) is 7.00. The van der Waals surface area contributed by atoms with Gasteiger partial charge >= 0.3 is 0 Å². The molecule has 0 radical (unpaired) electrons. The van der Waals surface area contributed by atoms with E-state index in [1.807, 2.05) is 30.5 Å². The molecule has 1 unspecified atom stereocenters. The summed E-state index contributed by atoms with van der Waals surface area (Å²) >= 11 is 0. The molecule has 19 heavy (non-hydrogen) atoms. The molecule has 3 nitrogen and oxygen atoms in total. The first-order valence-corrected chi connectivity index (χ1v) is 6.79. The molecule has 1 N–H and O–H groups in total. The van der Waals surface area contributed by atoms with Crippen LogP contribution in [0.4, 0.5) is 0 Å². The maximum Gasteiger partial charge on any atom is 0.0599 e. The van der Waals surface area contributed by atoms with Crippen molar-refractivity contribution < 1.29 is 5.11 Å². The van der Waals surface area contributed by atoms with Crippen LogP contribution in [0.3, 0.4) is 0 Å². The monoisotopic (exact) mass is 256 g/mol.